The third-order valence-corrected chi connectivity index (χ3v) is 4.53. The number of carbonyl (C=O) groups is 2. The van der Waals surface area contributed by atoms with E-state index in [-0.39, 0.29) is 17.0 Å². The quantitative estimate of drug-likeness (QED) is 0.472. The Bertz CT molecular complexity index is 1360. The minimum absolute atomic E-state index is 0.0561. The minimum atomic E-state index is -0.731. The van der Waals surface area contributed by atoms with Gasteiger partial charge in [-0.3, -0.25) is 25.2 Å². The summed E-state index contributed by atoms with van der Waals surface area (Å²) >= 11 is 0. The fraction of sp³-hybridized carbons (Fsp3) is 0.0435. The second kappa shape index (κ2) is 9.09. The molecular weight excluding hydrogens is 415 g/mol. The van der Waals surface area contributed by atoms with Crippen molar-refractivity contribution in [2.45, 2.75) is 0 Å². The Kier molecular flexibility index (Phi) is 5.89. The van der Waals surface area contributed by atoms with Crippen molar-refractivity contribution in [3.8, 4) is 11.4 Å². The van der Waals surface area contributed by atoms with Crippen molar-refractivity contribution in [3.63, 3.8) is 0 Å². The predicted molar refractivity (Wildman–Crippen MR) is 115 cm³/mol. The molecule has 3 aromatic carbocycles. The molecule has 0 saturated heterocycles. The molecule has 0 aliphatic heterocycles. The summed E-state index contributed by atoms with van der Waals surface area (Å²) in [6.45, 7) is -0.515. The summed E-state index contributed by atoms with van der Waals surface area (Å²) < 4.78 is 19.8. The number of para-hydroxylation sites is 2. The summed E-state index contributed by atoms with van der Waals surface area (Å²) in [5.74, 6) is -2.13. The average Bonchev–Trinajstić information content (AvgIpc) is 2.83. The van der Waals surface area contributed by atoms with E-state index in [1.807, 2.05) is 0 Å². The molecule has 9 heteroatoms. The summed E-state index contributed by atoms with van der Waals surface area (Å²) in [4.78, 5) is 37.7. The first-order valence-electron chi connectivity index (χ1n) is 9.58. The molecule has 1 heterocycles. The number of nitrogens with one attached hydrogen (secondary N) is 2. The maximum Gasteiger partial charge on any atom is 0.290 e. The van der Waals surface area contributed by atoms with Crippen LogP contribution in [0.2, 0.25) is 0 Å². The minimum Gasteiger partial charge on any atom is -0.481 e. The lowest BCUT2D eigenvalue weighted by Gasteiger charge is -2.12. The van der Waals surface area contributed by atoms with E-state index in [0.717, 1.165) is 4.68 Å². The van der Waals surface area contributed by atoms with Gasteiger partial charge in [0.25, 0.3) is 17.4 Å². The maximum absolute atomic E-state index is 13.6. The van der Waals surface area contributed by atoms with Crippen LogP contribution < -0.4 is 21.1 Å². The van der Waals surface area contributed by atoms with Gasteiger partial charge in [0, 0.05) is 5.39 Å². The van der Waals surface area contributed by atoms with Crippen LogP contribution in [-0.2, 0) is 4.79 Å². The molecule has 0 bridgehead atoms. The van der Waals surface area contributed by atoms with E-state index >= 15 is 0 Å². The van der Waals surface area contributed by atoms with E-state index < -0.39 is 24.2 Å². The molecule has 32 heavy (non-hydrogen) atoms. The maximum atomic E-state index is 13.6. The molecule has 2 N–H and O–H groups in total. The number of nitrogens with zero attached hydrogens (tertiary/aromatic N) is 2. The Morgan fingerprint density at radius 1 is 0.875 bits per heavy atom. The highest BCUT2D eigenvalue weighted by Gasteiger charge is 2.18. The number of hydrazine groups is 1. The number of halogens is 1. The van der Waals surface area contributed by atoms with Crippen LogP contribution in [0.4, 0.5) is 4.39 Å². The van der Waals surface area contributed by atoms with Crippen LogP contribution >= 0.6 is 0 Å². The summed E-state index contributed by atoms with van der Waals surface area (Å²) in [5.41, 5.74) is 4.49. The Balaban J connectivity index is 1.54. The first kappa shape index (κ1) is 20.7. The van der Waals surface area contributed by atoms with E-state index in [1.165, 1.54) is 18.2 Å². The number of rotatable bonds is 5. The number of hydrogen-bond acceptors (Lipinski definition) is 5. The highest BCUT2D eigenvalue weighted by Crippen LogP contribution is 2.16. The molecule has 0 unspecified atom stereocenters. The number of fused-ring (bicyclic) bond motifs is 1. The molecule has 160 valence electrons. The number of carbonyl (C=O) groups excluding carboxylic acids is 2. The Morgan fingerprint density at radius 3 is 2.28 bits per heavy atom. The number of amides is 2. The third kappa shape index (κ3) is 4.31. The second-order valence-corrected chi connectivity index (χ2v) is 6.67. The highest BCUT2D eigenvalue weighted by atomic mass is 19.1. The van der Waals surface area contributed by atoms with Crippen molar-refractivity contribution in [2.75, 3.05) is 6.61 Å². The molecule has 0 radical (unpaired) electrons. The standard InChI is InChI=1S/C23H17FN4O4/c24-18-12-6-7-13-19(18)32-14-20(29)25-26-22(30)21-16-10-4-5-11-17(16)23(31)28(27-21)15-8-2-1-3-9-15/h1-13H,14H2,(H,25,29)(H,26,30). The Hall–Kier alpha value is -4.53. The predicted octanol–water partition coefficient (Wildman–Crippen LogP) is 2.36. The fourth-order valence-corrected chi connectivity index (χ4v) is 3.03. The molecule has 0 atom stereocenters. The molecule has 4 rings (SSSR count). The molecule has 0 fully saturated rings. The molecule has 2 amide bonds. The van der Waals surface area contributed by atoms with Crippen LogP contribution in [0.15, 0.2) is 83.7 Å². The normalized spacial score (nSPS) is 10.5. The zero-order chi connectivity index (χ0) is 22.5. The molecule has 4 aromatic rings. The van der Waals surface area contributed by atoms with Gasteiger partial charge in [0.05, 0.1) is 11.1 Å². The number of aromatic nitrogens is 2. The molecule has 0 aliphatic rings. The average molecular weight is 432 g/mol. The second-order valence-electron chi connectivity index (χ2n) is 6.67. The van der Waals surface area contributed by atoms with Gasteiger partial charge in [-0.25, -0.2) is 4.39 Å². The van der Waals surface area contributed by atoms with Crippen molar-refractivity contribution in [1.29, 1.82) is 0 Å². The van der Waals surface area contributed by atoms with Gasteiger partial charge in [-0.2, -0.15) is 9.78 Å². The van der Waals surface area contributed by atoms with Crippen LogP contribution in [0, 0.1) is 5.82 Å². The Morgan fingerprint density at radius 2 is 1.53 bits per heavy atom. The van der Waals surface area contributed by atoms with Crippen molar-refractivity contribution < 1.29 is 18.7 Å². The molecule has 0 spiro atoms. The first-order valence-corrected chi connectivity index (χ1v) is 9.58. The van der Waals surface area contributed by atoms with E-state index in [0.29, 0.717) is 16.5 Å². The van der Waals surface area contributed by atoms with Crippen LogP contribution in [0.5, 0.6) is 5.75 Å². The van der Waals surface area contributed by atoms with Crippen molar-refractivity contribution >= 4 is 22.6 Å². The van der Waals surface area contributed by atoms with E-state index in [2.05, 4.69) is 16.0 Å². The molecule has 0 aliphatic carbocycles. The lowest BCUT2D eigenvalue weighted by molar-refractivity contribution is -0.123. The van der Waals surface area contributed by atoms with E-state index in [4.69, 9.17) is 4.74 Å². The van der Waals surface area contributed by atoms with Gasteiger partial charge < -0.3 is 4.74 Å². The highest BCUT2D eigenvalue weighted by molar-refractivity contribution is 6.05. The molecule has 0 saturated carbocycles. The van der Waals surface area contributed by atoms with E-state index in [9.17, 15) is 18.8 Å². The topological polar surface area (TPSA) is 102 Å². The molecule has 1 aromatic heterocycles. The number of ether oxygens (including phenoxy) is 1. The van der Waals surface area contributed by atoms with Gasteiger partial charge in [0.15, 0.2) is 23.9 Å². The summed E-state index contributed by atoms with van der Waals surface area (Å²) in [6, 6.07) is 20.8. The largest absolute Gasteiger partial charge is 0.481 e. The zero-order valence-corrected chi connectivity index (χ0v) is 16.6. The van der Waals surface area contributed by atoms with Crippen LogP contribution in [0.25, 0.3) is 16.5 Å². The molecular formula is C23H17FN4O4. The molecule has 8 nitrogen and oxygen atoms in total. The van der Waals surface area contributed by atoms with Gasteiger partial charge in [-0.1, -0.05) is 48.5 Å². The van der Waals surface area contributed by atoms with Gasteiger partial charge in [-0.05, 0) is 30.3 Å². The monoisotopic (exact) mass is 432 g/mol. The summed E-state index contributed by atoms with van der Waals surface area (Å²) in [7, 11) is 0. The van der Waals surface area contributed by atoms with Crippen LogP contribution in [-0.4, -0.2) is 28.2 Å². The summed E-state index contributed by atoms with van der Waals surface area (Å²) in [5, 5.41) is 4.84. The first-order chi connectivity index (χ1) is 15.5. The van der Waals surface area contributed by atoms with Crippen LogP contribution in [0.3, 0.4) is 0 Å². The van der Waals surface area contributed by atoms with Crippen molar-refractivity contribution in [3.05, 3.63) is 101 Å². The third-order valence-electron chi connectivity index (χ3n) is 4.53. The number of benzene rings is 3. The van der Waals surface area contributed by atoms with Crippen molar-refractivity contribution in [1.82, 2.24) is 20.6 Å². The van der Waals surface area contributed by atoms with Crippen molar-refractivity contribution in [2.24, 2.45) is 0 Å². The smallest absolute Gasteiger partial charge is 0.290 e. The van der Waals surface area contributed by atoms with Gasteiger partial charge in [0.1, 0.15) is 0 Å². The fourth-order valence-electron chi connectivity index (χ4n) is 3.03. The van der Waals surface area contributed by atoms with Gasteiger partial charge in [-0.15, -0.1) is 0 Å². The SMILES string of the molecule is O=C(COc1ccccc1F)NNC(=O)c1nn(-c2ccccc2)c(=O)c2ccccc12. The summed E-state index contributed by atoms with van der Waals surface area (Å²) in [6.07, 6.45) is 0. The Labute approximate surface area is 181 Å². The number of hydrogen-bond donors (Lipinski definition) is 2. The zero-order valence-electron chi connectivity index (χ0n) is 16.6. The van der Waals surface area contributed by atoms with Crippen LogP contribution in [0.1, 0.15) is 10.5 Å². The van der Waals surface area contributed by atoms with Gasteiger partial charge in [0.2, 0.25) is 0 Å². The van der Waals surface area contributed by atoms with E-state index in [1.54, 1.807) is 60.7 Å². The lowest BCUT2D eigenvalue weighted by Crippen LogP contribution is -2.44. The van der Waals surface area contributed by atoms with Gasteiger partial charge >= 0.3 is 0 Å². The lowest BCUT2D eigenvalue weighted by atomic mass is 10.1.